The first-order valence-electron chi connectivity index (χ1n) is 6.03. The van der Waals surface area contributed by atoms with E-state index in [1.54, 1.807) is 42.6 Å². The molecule has 110 valence electrons. The summed E-state index contributed by atoms with van der Waals surface area (Å²) in [6, 6.07) is 3.39. The molecule has 21 heavy (non-hydrogen) atoms. The molecule has 1 aliphatic heterocycles. The van der Waals surface area contributed by atoms with Crippen LogP contribution in [0.25, 0.3) is 16.8 Å². The number of ether oxygens (including phenoxy) is 1. The van der Waals surface area contributed by atoms with E-state index < -0.39 is 7.82 Å². The summed E-state index contributed by atoms with van der Waals surface area (Å²) < 4.78 is 20.8. The lowest BCUT2D eigenvalue weighted by Gasteiger charge is -2.33. The number of benzene rings is 1. The summed E-state index contributed by atoms with van der Waals surface area (Å²) in [6.45, 7) is 0. The van der Waals surface area contributed by atoms with Gasteiger partial charge in [-0.3, -0.25) is 4.98 Å². The fraction of sp³-hybridized carbons (Fsp3) is 0.154. The monoisotopic (exact) mass is 306 g/mol. The van der Waals surface area contributed by atoms with Gasteiger partial charge >= 0.3 is 0 Å². The number of methoxy groups -OCH3 is 1. The van der Waals surface area contributed by atoms with Crippen LogP contribution in [0.1, 0.15) is 5.69 Å². The number of nitrogens with zero attached hydrogens (tertiary/aromatic N) is 2. The number of phosphoric acid groups is 1. The van der Waals surface area contributed by atoms with Gasteiger partial charge in [-0.15, -0.1) is 0 Å². The number of pyridine rings is 1. The number of rotatable bonds is 3. The number of aromatic nitrogens is 1. The largest absolute Gasteiger partial charge is 0.780 e. The van der Waals surface area contributed by atoms with Crippen molar-refractivity contribution >= 4 is 30.4 Å². The minimum Gasteiger partial charge on any atom is -0.780 e. The lowest BCUT2D eigenvalue weighted by molar-refractivity contribution is -0.333. The van der Waals surface area contributed by atoms with Crippen molar-refractivity contribution in [2.75, 3.05) is 19.1 Å². The molecule has 2 heterocycles. The molecule has 2 aromatic rings. The maximum atomic E-state index is 11.0. The summed E-state index contributed by atoms with van der Waals surface area (Å²) in [7, 11) is -2.12. The fourth-order valence-electron chi connectivity index (χ4n) is 2.38. The Morgan fingerprint density at radius 1 is 1.38 bits per heavy atom. The molecule has 1 aromatic heterocycles. The lowest BCUT2D eigenvalue weighted by Crippen LogP contribution is -2.21. The normalized spacial score (nSPS) is 13.6. The van der Waals surface area contributed by atoms with Crippen LogP contribution in [0.15, 0.2) is 24.5 Å². The summed E-state index contributed by atoms with van der Waals surface area (Å²) in [5, 5.41) is 1.51. The Morgan fingerprint density at radius 2 is 2.14 bits per heavy atom. The average Bonchev–Trinajstić information content (AvgIpc) is 2.42. The number of phosphoric ester groups is 1. The van der Waals surface area contributed by atoms with Crippen LogP contribution in [0.3, 0.4) is 0 Å². The van der Waals surface area contributed by atoms with Crippen LogP contribution in [-0.2, 0) is 4.57 Å². The standard InChI is InChI=1S/C13H13N2O5P/c1-15-6-4-9-11-8(3-5-14-9)7-10(19-2)13(12(11)15)20-21(16,17)18/h3-7H,1-2H3,(H2,16,17,18)/p-2. The molecule has 0 N–H and O–H groups in total. The van der Waals surface area contributed by atoms with E-state index in [0.717, 1.165) is 5.39 Å². The summed E-state index contributed by atoms with van der Waals surface area (Å²) in [6.07, 6.45) is 5.14. The van der Waals surface area contributed by atoms with Crippen molar-refractivity contribution in [3.05, 3.63) is 30.2 Å². The lowest BCUT2D eigenvalue weighted by atomic mass is 10.0. The molecule has 0 saturated carbocycles. The maximum Gasteiger partial charge on any atom is 0.190 e. The Kier molecular flexibility index (Phi) is 3.13. The molecule has 0 unspecified atom stereocenters. The predicted molar refractivity (Wildman–Crippen MR) is 74.0 cm³/mol. The van der Waals surface area contributed by atoms with E-state index in [1.165, 1.54) is 7.11 Å². The van der Waals surface area contributed by atoms with Gasteiger partial charge in [-0.2, -0.15) is 0 Å². The third-order valence-corrected chi connectivity index (χ3v) is 3.61. The zero-order valence-corrected chi connectivity index (χ0v) is 12.2. The molecule has 0 saturated heterocycles. The van der Waals surface area contributed by atoms with Crippen LogP contribution in [0, 0.1) is 0 Å². The molecular formula is C13H11N2O5P-2. The Bertz CT molecular complexity index is 799. The van der Waals surface area contributed by atoms with E-state index in [-0.39, 0.29) is 11.5 Å². The Labute approximate surface area is 120 Å². The maximum absolute atomic E-state index is 11.0. The van der Waals surface area contributed by atoms with E-state index in [4.69, 9.17) is 4.74 Å². The number of anilines is 1. The fourth-order valence-corrected chi connectivity index (χ4v) is 2.78. The van der Waals surface area contributed by atoms with Crippen molar-refractivity contribution in [1.82, 2.24) is 4.98 Å². The smallest absolute Gasteiger partial charge is 0.190 e. The van der Waals surface area contributed by atoms with Gasteiger partial charge in [0.05, 0.1) is 18.5 Å². The topological polar surface area (TPSA) is 97.8 Å². The van der Waals surface area contributed by atoms with E-state index in [9.17, 15) is 14.4 Å². The van der Waals surface area contributed by atoms with Gasteiger partial charge in [0.25, 0.3) is 0 Å². The van der Waals surface area contributed by atoms with Gasteiger partial charge < -0.3 is 28.5 Å². The highest BCUT2D eigenvalue weighted by molar-refractivity contribution is 7.43. The zero-order valence-electron chi connectivity index (χ0n) is 11.3. The molecule has 1 aliphatic rings. The summed E-state index contributed by atoms with van der Waals surface area (Å²) >= 11 is 0. The van der Waals surface area contributed by atoms with Gasteiger partial charge in [0.15, 0.2) is 11.5 Å². The number of hydrogen-bond acceptors (Lipinski definition) is 7. The predicted octanol–water partition coefficient (Wildman–Crippen LogP) is 0.871. The Hall–Kier alpha value is -2.08. The van der Waals surface area contributed by atoms with Crippen molar-refractivity contribution in [3.8, 4) is 11.5 Å². The van der Waals surface area contributed by atoms with Gasteiger partial charge in [0, 0.05) is 24.8 Å². The molecule has 7 nitrogen and oxygen atoms in total. The quantitative estimate of drug-likeness (QED) is 0.776. The summed E-state index contributed by atoms with van der Waals surface area (Å²) in [5.41, 5.74) is 1.10. The molecule has 1 aromatic carbocycles. The summed E-state index contributed by atoms with van der Waals surface area (Å²) in [4.78, 5) is 27.9. The van der Waals surface area contributed by atoms with Gasteiger partial charge in [0.1, 0.15) is 7.82 Å². The average molecular weight is 306 g/mol. The van der Waals surface area contributed by atoms with Crippen molar-refractivity contribution in [2.24, 2.45) is 0 Å². The molecule has 0 amide bonds. The van der Waals surface area contributed by atoms with E-state index in [0.29, 0.717) is 16.8 Å². The SMILES string of the molecule is COc1cc2ccnc3c2c(c1OP(=O)([O-])[O-])N(C)C=C3. The van der Waals surface area contributed by atoms with Crippen LogP contribution in [-0.4, -0.2) is 19.1 Å². The minimum absolute atomic E-state index is 0.126. The van der Waals surface area contributed by atoms with E-state index in [1.807, 2.05) is 0 Å². The molecule has 0 atom stereocenters. The second-order valence-electron chi connectivity index (χ2n) is 4.52. The Balaban J connectivity index is 2.39. The molecule has 8 heteroatoms. The van der Waals surface area contributed by atoms with Crippen molar-refractivity contribution in [3.63, 3.8) is 0 Å². The van der Waals surface area contributed by atoms with Crippen LogP contribution in [0.5, 0.6) is 11.5 Å². The first-order chi connectivity index (χ1) is 9.90. The third-order valence-electron chi connectivity index (χ3n) is 3.21. The molecular weight excluding hydrogens is 295 g/mol. The summed E-state index contributed by atoms with van der Waals surface area (Å²) in [5.74, 6) is 0.0446. The highest BCUT2D eigenvalue weighted by Gasteiger charge is 2.23. The Morgan fingerprint density at radius 3 is 2.81 bits per heavy atom. The number of hydrogen-bond donors (Lipinski definition) is 0. The second kappa shape index (κ2) is 4.73. The van der Waals surface area contributed by atoms with E-state index in [2.05, 4.69) is 9.51 Å². The van der Waals surface area contributed by atoms with Crippen molar-refractivity contribution in [2.45, 2.75) is 0 Å². The van der Waals surface area contributed by atoms with Gasteiger partial charge in [-0.05, 0) is 23.6 Å². The highest BCUT2D eigenvalue weighted by Crippen LogP contribution is 2.49. The minimum atomic E-state index is -5.21. The van der Waals surface area contributed by atoms with Crippen LogP contribution in [0.4, 0.5) is 5.69 Å². The van der Waals surface area contributed by atoms with Gasteiger partial charge in [0.2, 0.25) is 0 Å². The van der Waals surface area contributed by atoms with Gasteiger partial charge in [-0.1, -0.05) is 0 Å². The molecule has 0 bridgehead atoms. The highest BCUT2D eigenvalue weighted by atomic mass is 31.2. The molecule has 0 spiro atoms. The van der Waals surface area contributed by atoms with Crippen molar-refractivity contribution < 1.29 is 23.6 Å². The first-order valence-corrected chi connectivity index (χ1v) is 7.49. The molecule has 0 fully saturated rings. The van der Waals surface area contributed by atoms with Crippen LogP contribution < -0.4 is 23.9 Å². The first kappa shape index (κ1) is 13.9. The van der Waals surface area contributed by atoms with Crippen molar-refractivity contribution in [1.29, 1.82) is 0 Å². The zero-order chi connectivity index (χ0) is 15.2. The molecule has 0 aliphatic carbocycles. The van der Waals surface area contributed by atoms with Crippen LogP contribution >= 0.6 is 7.82 Å². The van der Waals surface area contributed by atoms with E-state index >= 15 is 0 Å². The molecule has 3 rings (SSSR count). The third kappa shape index (κ3) is 2.35. The van der Waals surface area contributed by atoms with Gasteiger partial charge in [-0.25, -0.2) is 0 Å². The van der Waals surface area contributed by atoms with Crippen LogP contribution in [0.2, 0.25) is 0 Å². The molecule has 0 radical (unpaired) electrons. The second-order valence-corrected chi connectivity index (χ2v) is 5.59.